The maximum atomic E-state index is 4.36. The number of allylic oxidation sites excluding steroid dienone is 2. The molecule has 2 aliphatic rings. The number of fused-ring (bicyclic) bond motifs is 1. The van der Waals surface area contributed by atoms with E-state index in [1.165, 1.54) is 0 Å². The largest absolute Gasteiger partial charge is 0.291 e. The fourth-order valence-electron chi connectivity index (χ4n) is 1.30. The molecule has 2 atom stereocenters. The van der Waals surface area contributed by atoms with E-state index in [0.29, 0.717) is 12.0 Å². The molecule has 2 rings (SSSR count). The van der Waals surface area contributed by atoms with Crippen molar-refractivity contribution in [3.05, 3.63) is 24.3 Å². The molecule has 2 nitrogen and oxygen atoms in total. The highest BCUT2D eigenvalue weighted by Crippen LogP contribution is 2.14. The third kappa shape index (κ3) is 1.29. The van der Waals surface area contributed by atoms with Crippen molar-refractivity contribution in [1.82, 2.24) is 0 Å². The third-order valence-electron chi connectivity index (χ3n) is 1.89. The third-order valence-corrected chi connectivity index (χ3v) is 1.89. The summed E-state index contributed by atoms with van der Waals surface area (Å²) in [5.74, 6) is 0.388. The molecule has 0 spiro atoms. The Labute approximate surface area is 66.1 Å². The van der Waals surface area contributed by atoms with Crippen molar-refractivity contribution >= 4 is 12.4 Å². The Kier molecular flexibility index (Phi) is 1.68. The van der Waals surface area contributed by atoms with Gasteiger partial charge in [0.25, 0.3) is 0 Å². The van der Waals surface area contributed by atoms with Gasteiger partial charge in [-0.05, 0) is 0 Å². The molecule has 1 aliphatic heterocycles. The molecule has 11 heavy (non-hydrogen) atoms. The van der Waals surface area contributed by atoms with Crippen LogP contribution in [0, 0.1) is 5.92 Å². The number of rotatable bonds is 0. The van der Waals surface area contributed by atoms with Gasteiger partial charge >= 0.3 is 0 Å². The predicted molar refractivity (Wildman–Crippen MR) is 47.4 cm³/mol. The quantitative estimate of drug-likeness (QED) is 0.491. The molecule has 0 saturated carbocycles. The number of aliphatic imine (C=N–C) groups is 2. The van der Waals surface area contributed by atoms with Gasteiger partial charge in [-0.25, -0.2) is 0 Å². The van der Waals surface area contributed by atoms with E-state index in [-0.39, 0.29) is 0 Å². The van der Waals surface area contributed by atoms with E-state index >= 15 is 0 Å². The zero-order valence-corrected chi connectivity index (χ0v) is 6.22. The van der Waals surface area contributed by atoms with Gasteiger partial charge in [-0.3, -0.25) is 9.98 Å². The molecule has 0 saturated heterocycles. The van der Waals surface area contributed by atoms with Crippen molar-refractivity contribution < 1.29 is 0 Å². The van der Waals surface area contributed by atoms with Crippen LogP contribution in [-0.2, 0) is 0 Å². The Hall–Kier alpha value is -1.18. The van der Waals surface area contributed by atoms with Crippen LogP contribution in [0.25, 0.3) is 0 Å². The number of nitrogens with zero attached hydrogens (tertiary/aromatic N) is 2. The van der Waals surface area contributed by atoms with Crippen LogP contribution in [0.3, 0.4) is 0 Å². The van der Waals surface area contributed by atoms with Gasteiger partial charge in [-0.1, -0.05) is 24.3 Å². The molecular formula is C9H10N2. The predicted octanol–water partition coefficient (Wildman–Crippen LogP) is 1.25. The normalized spacial score (nSPS) is 33.5. The van der Waals surface area contributed by atoms with Gasteiger partial charge in [0.1, 0.15) is 0 Å². The summed E-state index contributed by atoms with van der Waals surface area (Å²) in [6, 6.07) is 0.297. The lowest BCUT2D eigenvalue weighted by molar-refractivity contribution is 0.738. The standard InChI is InChI=1S/C9H10N2/c1-2-4-9-8(3-1)7-10-5-6-11-9/h1-4,6-9H,5H2. The monoisotopic (exact) mass is 146 g/mol. The Balaban J connectivity index is 2.27. The van der Waals surface area contributed by atoms with Gasteiger partial charge < -0.3 is 0 Å². The summed E-state index contributed by atoms with van der Waals surface area (Å²) >= 11 is 0. The molecule has 0 amide bonds. The van der Waals surface area contributed by atoms with Gasteiger partial charge in [-0.2, -0.15) is 0 Å². The van der Waals surface area contributed by atoms with E-state index in [1.807, 2.05) is 24.6 Å². The minimum atomic E-state index is 0.297. The van der Waals surface area contributed by atoms with Crippen molar-refractivity contribution in [3.8, 4) is 0 Å². The van der Waals surface area contributed by atoms with Crippen molar-refractivity contribution in [2.75, 3.05) is 6.54 Å². The zero-order valence-electron chi connectivity index (χ0n) is 6.22. The number of hydrogen-bond acceptors (Lipinski definition) is 2. The summed E-state index contributed by atoms with van der Waals surface area (Å²) < 4.78 is 0. The lowest BCUT2D eigenvalue weighted by Gasteiger charge is -2.14. The maximum Gasteiger partial charge on any atom is 0.0792 e. The molecule has 0 N–H and O–H groups in total. The molecule has 1 aliphatic carbocycles. The van der Waals surface area contributed by atoms with Crippen molar-refractivity contribution in [1.29, 1.82) is 0 Å². The first-order valence-corrected chi connectivity index (χ1v) is 3.83. The summed E-state index contributed by atoms with van der Waals surface area (Å²) in [5.41, 5.74) is 0. The second kappa shape index (κ2) is 2.82. The van der Waals surface area contributed by atoms with Gasteiger partial charge in [0, 0.05) is 18.3 Å². The van der Waals surface area contributed by atoms with Crippen LogP contribution in [0.2, 0.25) is 0 Å². The molecule has 0 aromatic rings. The lowest BCUT2D eigenvalue weighted by Crippen LogP contribution is -2.16. The maximum absolute atomic E-state index is 4.36. The average Bonchev–Trinajstić information content (AvgIpc) is 2.28. The molecule has 0 aromatic carbocycles. The summed E-state index contributed by atoms with van der Waals surface area (Å²) in [6.45, 7) is 0.731. The minimum absolute atomic E-state index is 0.297. The molecule has 0 bridgehead atoms. The molecule has 1 heterocycles. The summed E-state index contributed by atoms with van der Waals surface area (Å²) in [6.07, 6.45) is 12.2. The molecule has 0 aromatic heterocycles. The molecule has 56 valence electrons. The highest BCUT2D eigenvalue weighted by Gasteiger charge is 2.15. The van der Waals surface area contributed by atoms with E-state index in [4.69, 9.17) is 0 Å². The first-order valence-electron chi connectivity index (χ1n) is 3.83. The zero-order chi connectivity index (χ0) is 7.52. The first-order chi connectivity index (χ1) is 5.47. The molecule has 2 heteroatoms. The van der Waals surface area contributed by atoms with Crippen molar-refractivity contribution in [2.24, 2.45) is 15.9 Å². The Morgan fingerprint density at radius 1 is 1.18 bits per heavy atom. The fourth-order valence-corrected chi connectivity index (χ4v) is 1.30. The second-order valence-corrected chi connectivity index (χ2v) is 2.68. The van der Waals surface area contributed by atoms with Crippen LogP contribution >= 0.6 is 0 Å². The minimum Gasteiger partial charge on any atom is -0.291 e. The van der Waals surface area contributed by atoms with E-state index in [9.17, 15) is 0 Å². The van der Waals surface area contributed by atoms with Crippen LogP contribution in [-0.4, -0.2) is 25.0 Å². The first kappa shape index (κ1) is 6.53. The van der Waals surface area contributed by atoms with Crippen LogP contribution in [0.15, 0.2) is 34.3 Å². The molecule has 2 unspecified atom stereocenters. The summed E-state index contributed by atoms with van der Waals surface area (Å²) in [7, 11) is 0. The van der Waals surface area contributed by atoms with Crippen LogP contribution in [0.1, 0.15) is 0 Å². The van der Waals surface area contributed by atoms with E-state index in [0.717, 1.165) is 6.54 Å². The van der Waals surface area contributed by atoms with Crippen molar-refractivity contribution in [2.45, 2.75) is 6.04 Å². The molecule has 0 fully saturated rings. The molecule has 0 radical (unpaired) electrons. The van der Waals surface area contributed by atoms with Crippen LogP contribution < -0.4 is 0 Å². The summed E-state index contributed by atoms with van der Waals surface area (Å²) in [5, 5.41) is 0. The van der Waals surface area contributed by atoms with E-state index < -0.39 is 0 Å². The second-order valence-electron chi connectivity index (χ2n) is 2.68. The van der Waals surface area contributed by atoms with Gasteiger partial charge in [0.15, 0.2) is 0 Å². The summed E-state index contributed by atoms with van der Waals surface area (Å²) in [4.78, 5) is 8.55. The topological polar surface area (TPSA) is 24.7 Å². The highest BCUT2D eigenvalue weighted by molar-refractivity contribution is 5.72. The Morgan fingerprint density at radius 3 is 3.09 bits per heavy atom. The molecular weight excluding hydrogens is 136 g/mol. The smallest absolute Gasteiger partial charge is 0.0792 e. The van der Waals surface area contributed by atoms with Gasteiger partial charge in [0.2, 0.25) is 0 Å². The average molecular weight is 146 g/mol. The SMILES string of the molecule is C1=CC2C=NCC=NC2C=C1. The van der Waals surface area contributed by atoms with Crippen LogP contribution in [0.5, 0.6) is 0 Å². The van der Waals surface area contributed by atoms with Crippen LogP contribution in [0.4, 0.5) is 0 Å². The lowest BCUT2D eigenvalue weighted by atomic mass is 9.97. The highest BCUT2D eigenvalue weighted by atomic mass is 14.8. The van der Waals surface area contributed by atoms with E-state index in [1.54, 1.807) is 0 Å². The Bertz CT molecular complexity index is 222. The van der Waals surface area contributed by atoms with Gasteiger partial charge in [-0.15, -0.1) is 0 Å². The number of hydrogen-bond donors (Lipinski definition) is 0. The Morgan fingerprint density at radius 2 is 2.09 bits per heavy atom. The van der Waals surface area contributed by atoms with Gasteiger partial charge in [0.05, 0.1) is 12.6 Å². The van der Waals surface area contributed by atoms with Crippen molar-refractivity contribution in [3.63, 3.8) is 0 Å². The fraction of sp³-hybridized carbons (Fsp3) is 0.333. The van der Waals surface area contributed by atoms with E-state index in [2.05, 4.69) is 22.1 Å².